The lowest BCUT2D eigenvalue weighted by Crippen LogP contribution is -2.00. The molecule has 0 aliphatic carbocycles. The Kier molecular flexibility index (Phi) is 6.42. The van der Waals surface area contributed by atoms with Crippen LogP contribution >= 0.6 is 0 Å². The Labute approximate surface area is 301 Å². The minimum absolute atomic E-state index is 0.581. The largest absolute Gasteiger partial charge is 0.456 e. The minimum atomic E-state index is 0.581. The van der Waals surface area contributed by atoms with Crippen molar-refractivity contribution in [2.75, 3.05) is 0 Å². The van der Waals surface area contributed by atoms with Crippen LogP contribution in [0.2, 0.25) is 0 Å². The summed E-state index contributed by atoms with van der Waals surface area (Å²) in [5.74, 6) is 2.35. The van der Waals surface area contributed by atoms with Crippen LogP contribution in [0.4, 0.5) is 0 Å². The number of oxazole rings is 1. The summed E-state index contributed by atoms with van der Waals surface area (Å²) >= 11 is 0. The lowest BCUT2D eigenvalue weighted by atomic mass is 10.0. The third-order valence-electron chi connectivity index (χ3n) is 9.79. The van der Waals surface area contributed by atoms with Gasteiger partial charge in [0.25, 0.3) is 0 Å². The first-order valence-electron chi connectivity index (χ1n) is 17.4. The summed E-state index contributed by atoms with van der Waals surface area (Å²) in [7, 11) is 0. The highest BCUT2D eigenvalue weighted by atomic mass is 16.4. The molecule has 0 fully saturated rings. The summed E-state index contributed by atoms with van der Waals surface area (Å²) in [4.78, 5) is 19.8. The molecule has 0 saturated carbocycles. The number of aromatic nitrogens is 4. The number of hydrogen-bond acceptors (Lipinski definition) is 7. The second kappa shape index (κ2) is 11.6. The standard InChI is InChI=1S/C46H26N4O3/c1-3-11-28(12-4-1)43-48-44(50-45(49-43)34-18-10-20-38-41(34)33-15-7-8-19-37(33)51-38)29-23-21-27(22-24-29)31-16-9-17-32-35-25-36-40(26-39(35)52-42(31)32)53-46(47-36)30-13-5-2-6-14-30/h1-26H. The molecule has 11 rings (SSSR count). The molecule has 0 aliphatic rings. The summed E-state index contributed by atoms with van der Waals surface area (Å²) in [6.07, 6.45) is 0. The zero-order valence-corrected chi connectivity index (χ0v) is 28.0. The molecule has 0 atom stereocenters. The summed E-state index contributed by atoms with van der Waals surface area (Å²) < 4.78 is 18.9. The fourth-order valence-corrected chi connectivity index (χ4v) is 7.25. The van der Waals surface area contributed by atoms with Gasteiger partial charge < -0.3 is 13.3 Å². The SMILES string of the molecule is c1ccc(-c2nc(-c3ccc(-c4cccc5c4oc4cc6oc(-c7ccccc7)nc6cc45)cc3)nc(-c3cccc4oc5ccccc5c34)n2)cc1. The van der Waals surface area contributed by atoms with Crippen LogP contribution in [0.25, 0.3) is 112 Å². The number of nitrogens with zero attached hydrogens (tertiary/aromatic N) is 4. The quantitative estimate of drug-likeness (QED) is 0.178. The van der Waals surface area contributed by atoms with E-state index < -0.39 is 0 Å². The zero-order valence-electron chi connectivity index (χ0n) is 28.0. The first-order chi connectivity index (χ1) is 26.2. The van der Waals surface area contributed by atoms with Gasteiger partial charge in [0, 0.05) is 55.4 Å². The van der Waals surface area contributed by atoms with Gasteiger partial charge in [-0.2, -0.15) is 0 Å². The smallest absolute Gasteiger partial charge is 0.227 e. The van der Waals surface area contributed by atoms with Crippen molar-refractivity contribution < 1.29 is 13.3 Å². The first kappa shape index (κ1) is 29.4. The summed E-state index contributed by atoms with van der Waals surface area (Å²) in [5.41, 5.74) is 10.2. The maximum atomic E-state index is 6.54. The normalized spacial score (nSPS) is 11.8. The van der Waals surface area contributed by atoms with Gasteiger partial charge in [-0.25, -0.2) is 19.9 Å². The lowest BCUT2D eigenvalue weighted by molar-refractivity contribution is 0.617. The molecule has 0 bridgehead atoms. The van der Waals surface area contributed by atoms with Crippen molar-refractivity contribution in [3.05, 3.63) is 158 Å². The Hall–Kier alpha value is -7.38. The van der Waals surface area contributed by atoms with E-state index in [2.05, 4.69) is 54.6 Å². The topological polar surface area (TPSA) is 91.0 Å². The number of para-hydroxylation sites is 2. The maximum absolute atomic E-state index is 6.54. The van der Waals surface area contributed by atoms with E-state index in [0.29, 0.717) is 28.9 Å². The van der Waals surface area contributed by atoms with E-state index in [-0.39, 0.29) is 0 Å². The van der Waals surface area contributed by atoms with Crippen molar-refractivity contribution in [3.63, 3.8) is 0 Å². The van der Waals surface area contributed by atoms with E-state index in [9.17, 15) is 0 Å². The molecular weight excluding hydrogens is 657 g/mol. The molecule has 0 N–H and O–H groups in total. The van der Waals surface area contributed by atoms with Crippen molar-refractivity contribution in [2.24, 2.45) is 0 Å². The monoisotopic (exact) mass is 682 g/mol. The van der Waals surface area contributed by atoms with Gasteiger partial charge in [0.05, 0.1) is 0 Å². The Morgan fingerprint density at radius 2 is 0.962 bits per heavy atom. The van der Waals surface area contributed by atoms with Crippen LogP contribution in [0.5, 0.6) is 0 Å². The first-order valence-corrected chi connectivity index (χ1v) is 17.4. The van der Waals surface area contributed by atoms with Gasteiger partial charge in [0.15, 0.2) is 23.1 Å². The highest BCUT2D eigenvalue weighted by molar-refractivity contribution is 6.13. The third kappa shape index (κ3) is 4.82. The molecule has 7 nitrogen and oxygen atoms in total. The predicted molar refractivity (Wildman–Crippen MR) is 209 cm³/mol. The molecule has 7 heteroatoms. The van der Waals surface area contributed by atoms with Crippen molar-refractivity contribution in [2.45, 2.75) is 0 Å². The number of hydrogen-bond donors (Lipinski definition) is 0. The number of rotatable bonds is 5. The van der Waals surface area contributed by atoms with E-state index in [4.69, 9.17) is 33.2 Å². The second-order valence-electron chi connectivity index (χ2n) is 13.0. The molecule has 53 heavy (non-hydrogen) atoms. The van der Waals surface area contributed by atoms with Gasteiger partial charge in [0.1, 0.15) is 27.8 Å². The number of fused-ring (bicyclic) bond motifs is 7. The van der Waals surface area contributed by atoms with E-state index >= 15 is 0 Å². The molecule has 11 aromatic rings. The molecular formula is C46H26N4O3. The molecule has 7 aromatic carbocycles. The molecule has 0 spiro atoms. The van der Waals surface area contributed by atoms with E-state index in [1.165, 1.54) is 0 Å². The average molecular weight is 683 g/mol. The predicted octanol–water partition coefficient (Wildman–Crippen LogP) is 12.1. The fourth-order valence-electron chi connectivity index (χ4n) is 7.25. The van der Waals surface area contributed by atoms with Gasteiger partial charge in [-0.05, 0) is 35.9 Å². The van der Waals surface area contributed by atoms with Gasteiger partial charge >= 0.3 is 0 Å². The van der Waals surface area contributed by atoms with Gasteiger partial charge in [-0.3, -0.25) is 0 Å². The summed E-state index contributed by atoms with van der Waals surface area (Å²) in [5, 5.41) is 4.01. The molecule has 0 aliphatic heterocycles. The van der Waals surface area contributed by atoms with E-state index in [1.54, 1.807) is 0 Å². The van der Waals surface area contributed by atoms with Crippen molar-refractivity contribution in [1.82, 2.24) is 19.9 Å². The zero-order chi connectivity index (χ0) is 34.9. The highest BCUT2D eigenvalue weighted by Gasteiger charge is 2.19. The van der Waals surface area contributed by atoms with Gasteiger partial charge in [0.2, 0.25) is 5.89 Å². The fraction of sp³-hybridized carbons (Fsp3) is 0. The average Bonchev–Trinajstić information content (AvgIpc) is 3.93. The van der Waals surface area contributed by atoms with E-state index in [1.807, 2.05) is 103 Å². The van der Waals surface area contributed by atoms with E-state index in [0.717, 1.165) is 82.8 Å². The highest BCUT2D eigenvalue weighted by Crippen LogP contribution is 2.40. The van der Waals surface area contributed by atoms with Crippen LogP contribution in [-0.2, 0) is 0 Å². The molecule has 0 amide bonds. The molecule has 4 aromatic heterocycles. The van der Waals surface area contributed by atoms with Crippen LogP contribution in [0.1, 0.15) is 0 Å². The third-order valence-corrected chi connectivity index (χ3v) is 9.79. The Bertz CT molecular complexity index is 3160. The second-order valence-corrected chi connectivity index (χ2v) is 13.0. The molecule has 248 valence electrons. The molecule has 0 radical (unpaired) electrons. The number of benzene rings is 7. The molecule has 4 heterocycles. The summed E-state index contributed by atoms with van der Waals surface area (Å²) in [6.45, 7) is 0. The van der Waals surface area contributed by atoms with Crippen LogP contribution < -0.4 is 0 Å². The number of furan rings is 2. The van der Waals surface area contributed by atoms with Crippen LogP contribution in [0, 0.1) is 0 Å². The molecule has 0 saturated heterocycles. The van der Waals surface area contributed by atoms with Crippen LogP contribution in [0.3, 0.4) is 0 Å². The van der Waals surface area contributed by atoms with Gasteiger partial charge in [-0.1, -0.05) is 121 Å². The van der Waals surface area contributed by atoms with Crippen molar-refractivity contribution in [1.29, 1.82) is 0 Å². The molecule has 0 unspecified atom stereocenters. The van der Waals surface area contributed by atoms with Crippen LogP contribution in [-0.4, -0.2) is 19.9 Å². The van der Waals surface area contributed by atoms with Crippen molar-refractivity contribution in [3.8, 4) is 56.7 Å². The Morgan fingerprint density at radius 3 is 1.77 bits per heavy atom. The Morgan fingerprint density at radius 1 is 0.340 bits per heavy atom. The van der Waals surface area contributed by atoms with Gasteiger partial charge in [-0.15, -0.1) is 0 Å². The van der Waals surface area contributed by atoms with Crippen LogP contribution in [0.15, 0.2) is 171 Å². The lowest BCUT2D eigenvalue weighted by Gasteiger charge is -2.10. The maximum Gasteiger partial charge on any atom is 0.227 e. The minimum Gasteiger partial charge on any atom is -0.456 e. The Balaban J connectivity index is 1.01. The summed E-state index contributed by atoms with van der Waals surface area (Å²) in [6, 6.07) is 52.5. The van der Waals surface area contributed by atoms with Crippen molar-refractivity contribution >= 4 is 55.0 Å².